The zero-order valence-corrected chi connectivity index (χ0v) is 22.8. The Balaban J connectivity index is 2.07. The van der Waals surface area contributed by atoms with E-state index in [1.165, 1.54) is 29.1 Å². The van der Waals surface area contributed by atoms with Crippen LogP contribution in [0.4, 0.5) is 0 Å². The van der Waals surface area contributed by atoms with Crippen LogP contribution in [0.1, 0.15) is 39.2 Å². The van der Waals surface area contributed by atoms with Gasteiger partial charge in [-0.05, 0) is 75.1 Å². The van der Waals surface area contributed by atoms with Crippen molar-refractivity contribution in [2.45, 2.75) is 48.8 Å². The van der Waals surface area contributed by atoms with Crippen molar-refractivity contribution in [1.82, 2.24) is 0 Å². The van der Waals surface area contributed by atoms with Gasteiger partial charge in [0.05, 0.1) is 17.5 Å². The second-order valence-electron chi connectivity index (χ2n) is 7.32. The van der Waals surface area contributed by atoms with Crippen molar-refractivity contribution < 1.29 is 19.1 Å². The first-order chi connectivity index (χ1) is 14.1. The quantitative estimate of drug-likeness (QED) is 0.113. The zero-order valence-electron chi connectivity index (χ0n) is 16.8. The number of unbranched alkanes of at least 4 members (excludes halogenated alkanes) is 1. The van der Waals surface area contributed by atoms with Gasteiger partial charge in [0.2, 0.25) is 0 Å². The van der Waals surface area contributed by atoms with E-state index in [0.29, 0.717) is 17.1 Å². The van der Waals surface area contributed by atoms with Crippen LogP contribution in [0.2, 0.25) is 0 Å². The van der Waals surface area contributed by atoms with Gasteiger partial charge in [0.25, 0.3) is 0 Å². The molecule has 0 aromatic heterocycles. The number of rotatable bonds is 7. The normalized spacial score (nSPS) is 14.5. The summed E-state index contributed by atoms with van der Waals surface area (Å²) >= 11 is 7.58. The molecule has 0 N–H and O–H groups in total. The van der Waals surface area contributed by atoms with Gasteiger partial charge in [-0.3, -0.25) is 0 Å². The summed E-state index contributed by atoms with van der Waals surface area (Å²) in [7, 11) is 0. The largest absolute Gasteiger partial charge is 0.463 e. The lowest BCUT2D eigenvalue weighted by molar-refractivity contribution is -0.140. The molecule has 0 bridgehead atoms. The van der Waals surface area contributed by atoms with Crippen LogP contribution in [0, 0.1) is 18.5 Å². The predicted molar refractivity (Wildman–Crippen MR) is 136 cm³/mol. The van der Waals surface area contributed by atoms with E-state index in [1.807, 2.05) is 6.07 Å². The molecular weight excluding hydrogens is 648 g/mol. The maximum Gasteiger partial charge on any atom is 0.350 e. The lowest BCUT2D eigenvalue weighted by Gasteiger charge is -2.22. The third-order valence-electron chi connectivity index (χ3n) is 4.03. The summed E-state index contributed by atoms with van der Waals surface area (Å²) in [5.74, 6) is -1.10. The van der Waals surface area contributed by atoms with Gasteiger partial charge in [0.15, 0.2) is 5.57 Å². The van der Waals surface area contributed by atoms with E-state index in [2.05, 4.69) is 78.6 Å². The van der Waals surface area contributed by atoms with E-state index in [4.69, 9.17) is 9.47 Å². The lowest BCUT2D eigenvalue weighted by Crippen LogP contribution is -2.14. The SMILES string of the molecule is C=CC(=O)OCCCCOC(=O)/C(C#N)=C1\Sc2c(I)cc(C(C)(C)C)c(I)c2S1. The fraction of sp³-hybridized carbons (Fsp3) is 0.381. The van der Waals surface area contributed by atoms with Gasteiger partial charge in [0.1, 0.15) is 6.07 Å². The number of hydrogen-bond donors (Lipinski definition) is 0. The number of nitrogens with zero attached hydrogens (tertiary/aromatic N) is 1. The average molecular weight is 669 g/mol. The van der Waals surface area contributed by atoms with Crippen LogP contribution in [0.5, 0.6) is 0 Å². The van der Waals surface area contributed by atoms with Crippen molar-refractivity contribution in [1.29, 1.82) is 5.26 Å². The minimum absolute atomic E-state index is 0.000156. The Hall–Kier alpha value is -0.710. The first-order valence-electron chi connectivity index (χ1n) is 9.09. The summed E-state index contributed by atoms with van der Waals surface area (Å²) in [5, 5.41) is 9.58. The fourth-order valence-electron chi connectivity index (χ4n) is 2.47. The molecule has 0 atom stereocenters. The highest BCUT2D eigenvalue weighted by Gasteiger charge is 2.32. The van der Waals surface area contributed by atoms with Gasteiger partial charge in [-0.1, -0.05) is 50.9 Å². The maximum absolute atomic E-state index is 12.5. The summed E-state index contributed by atoms with van der Waals surface area (Å²) in [6.45, 7) is 10.2. The summed E-state index contributed by atoms with van der Waals surface area (Å²) in [4.78, 5) is 25.6. The minimum Gasteiger partial charge on any atom is -0.463 e. The Morgan fingerprint density at radius 2 is 1.77 bits per heavy atom. The zero-order chi connectivity index (χ0) is 22.5. The molecule has 0 spiro atoms. The third-order valence-corrected chi connectivity index (χ3v) is 9.38. The molecule has 2 rings (SSSR count). The van der Waals surface area contributed by atoms with Crippen LogP contribution < -0.4 is 0 Å². The second-order valence-corrected chi connectivity index (χ2v) is 11.9. The Morgan fingerprint density at radius 3 is 2.33 bits per heavy atom. The molecule has 1 aromatic rings. The van der Waals surface area contributed by atoms with Crippen LogP contribution >= 0.6 is 68.7 Å². The first kappa shape index (κ1) is 25.5. The summed E-state index contributed by atoms with van der Waals surface area (Å²) < 4.78 is 13.1. The number of halogens is 2. The monoisotopic (exact) mass is 669 g/mol. The highest BCUT2D eigenvalue weighted by Crippen LogP contribution is 2.56. The molecular formula is C21H21I2NO4S2. The van der Waals surface area contributed by atoms with Crippen LogP contribution in [0.25, 0.3) is 0 Å². The summed E-state index contributed by atoms with van der Waals surface area (Å²) in [6, 6.07) is 4.20. The van der Waals surface area contributed by atoms with Crippen molar-refractivity contribution in [3.8, 4) is 6.07 Å². The number of carbonyl (C=O) groups excluding carboxylic acids is 2. The third kappa shape index (κ3) is 6.40. The lowest BCUT2D eigenvalue weighted by atomic mass is 9.87. The molecule has 5 nitrogen and oxygen atoms in total. The topological polar surface area (TPSA) is 76.4 Å². The van der Waals surface area contributed by atoms with Crippen molar-refractivity contribution in [3.05, 3.63) is 41.2 Å². The maximum atomic E-state index is 12.5. The Bertz CT molecular complexity index is 946. The van der Waals surface area contributed by atoms with Crippen molar-refractivity contribution in [2.24, 2.45) is 0 Å². The van der Waals surface area contributed by atoms with Crippen LogP contribution in [-0.2, 0) is 24.5 Å². The molecule has 0 saturated heterocycles. The number of carbonyl (C=O) groups is 2. The average Bonchev–Trinajstić information content (AvgIpc) is 3.12. The van der Waals surface area contributed by atoms with E-state index < -0.39 is 11.9 Å². The number of benzene rings is 1. The van der Waals surface area contributed by atoms with Gasteiger partial charge in [-0.25, -0.2) is 9.59 Å². The predicted octanol–water partition coefficient (Wildman–Crippen LogP) is 6.18. The van der Waals surface area contributed by atoms with E-state index in [0.717, 1.165) is 23.0 Å². The van der Waals surface area contributed by atoms with Gasteiger partial charge < -0.3 is 9.47 Å². The number of esters is 2. The van der Waals surface area contributed by atoms with Crippen molar-refractivity contribution >= 4 is 80.6 Å². The van der Waals surface area contributed by atoms with E-state index >= 15 is 0 Å². The number of fused-ring (bicyclic) bond motifs is 1. The number of hydrogen-bond acceptors (Lipinski definition) is 7. The smallest absolute Gasteiger partial charge is 0.350 e. The van der Waals surface area contributed by atoms with Gasteiger partial charge in [0, 0.05) is 23.0 Å². The first-order valence-corrected chi connectivity index (χ1v) is 12.9. The molecule has 1 aromatic carbocycles. The Kier molecular flexibility index (Phi) is 9.57. The molecule has 0 aliphatic carbocycles. The summed E-state index contributed by atoms with van der Waals surface area (Å²) in [5.41, 5.74) is 1.28. The molecule has 0 amide bonds. The Labute approximate surface area is 212 Å². The molecule has 30 heavy (non-hydrogen) atoms. The van der Waals surface area contributed by atoms with E-state index in [9.17, 15) is 14.9 Å². The van der Waals surface area contributed by atoms with Crippen molar-refractivity contribution in [3.63, 3.8) is 0 Å². The van der Waals surface area contributed by atoms with Gasteiger partial charge in [-0.2, -0.15) is 5.26 Å². The Morgan fingerprint density at radius 1 is 1.17 bits per heavy atom. The van der Waals surface area contributed by atoms with Gasteiger partial charge in [-0.15, -0.1) is 0 Å². The van der Waals surface area contributed by atoms with E-state index in [1.54, 1.807) is 0 Å². The molecule has 0 fully saturated rings. The minimum atomic E-state index is -0.621. The molecule has 9 heteroatoms. The van der Waals surface area contributed by atoms with Crippen LogP contribution in [-0.4, -0.2) is 25.2 Å². The highest BCUT2D eigenvalue weighted by molar-refractivity contribution is 14.1. The van der Waals surface area contributed by atoms with Crippen LogP contribution in [0.15, 0.2) is 38.3 Å². The molecule has 0 unspecified atom stereocenters. The molecule has 0 saturated carbocycles. The fourth-order valence-corrected chi connectivity index (χ4v) is 7.82. The number of thioether (sulfide) groups is 2. The second kappa shape index (κ2) is 11.2. The van der Waals surface area contributed by atoms with Gasteiger partial charge >= 0.3 is 11.9 Å². The highest BCUT2D eigenvalue weighted by atomic mass is 127. The molecule has 1 aliphatic rings. The van der Waals surface area contributed by atoms with Crippen LogP contribution in [0.3, 0.4) is 0 Å². The summed E-state index contributed by atoms with van der Waals surface area (Å²) in [6.07, 6.45) is 2.20. The molecule has 1 heterocycles. The number of ether oxygens (including phenoxy) is 2. The molecule has 0 radical (unpaired) electrons. The molecule has 160 valence electrons. The van der Waals surface area contributed by atoms with E-state index in [-0.39, 0.29) is 24.2 Å². The number of nitriles is 1. The molecule has 1 aliphatic heterocycles. The van der Waals surface area contributed by atoms with Crippen molar-refractivity contribution in [2.75, 3.05) is 13.2 Å². The standard InChI is InChI=1S/C21H21I2NO4S2/c1-5-15(25)27-8-6-7-9-28-19(26)12(11-24)20-29-17-14(22)10-13(21(2,3)4)16(23)18(17)30-20/h5,10H,1,6-9H2,2-4H3/b20-12+.